The quantitative estimate of drug-likeness (QED) is 0.731. The van der Waals surface area contributed by atoms with Gasteiger partial charge in [0.2, 0.25) is 0 Å². The molecule has 8 nitrogen and oxygen atoms in total. The molecule has 0 spiro atoms. The molecule has 0 bridgehead atoms. The van der Waals surface area contributed by atoms with Gasteiger partial charge in [0.25, 0.3) is 5.91 Å². The van der Waals surface area contributed by atoms with E-state index < -0.39 is 5.97 Å². The van der Waals surface area contributed by atoms with Crippen LogP contribution in [-0.4, -0.2) is 43.3 Å². The van der Waals surface area contributed by atoms with Crippen LogP contribution in [0.25, 0.3) is 5.82 Å². The van der Waals surface area contributed by atoms with E-state index in [1.54, 1.807) is 12.1 Å². The molecule has 0 saturated carbocycles. The van der Waals surface area contributed by atoms with Gasteiger partial charge in [0.05, 0.1) is 0 Å². The maximum absolute atomic E-state index is 11.9. The van der Waals surface area contributed by atoms with Crippen LogP contribution in [-0.2, 0) is 4.79 Å². The first-order valence-electron chi connectivity index (χ1n) is 5.98. The number of carbonyl (C=O) groups excluding carboxylic acids is 1. The number of carbonyl (C=O) groups is 2. The van der Waals surface area contributed by atoms with E-state index in [1.807, 2.05) is 0 Å². The molecule has 0 unspecified atom stereocenters. The number of carboxylic acids is 1. The second kappa shape index (κ2) is 6.41. The van der Waals surface area contributed by atoms with Gasteiger partial charge in [0.1, 0.15) is 12.7 Å². The number of carboxylic acid groups (broad SMARTS) is 1. The van der Waals surface area contributed by atoms with Crippen molar-refractivity contribution in [1.29, 1.82) is 0 Å². The second-order valence-electron chi connectivity index (χ2n) is 4.00. The van der Waals surface area contributed by atoms with E-state index in [4.69, 9.17) is 5.11 Å². The minimum atomic E-state index is -0.878. The fourth-order valence-corrected chi connectivity index (χ4v) is 1.56. The lowest BCUT2D eigenvalue weighted by molar-refractivity contribution is -0.137. The zero-order chi connectivity index (χ0) is 14.4. The van der Waals surface area contributed by atoms with Crippen LogP contribution in [0.15, 0.2) is 31.0 Å². The molecule has 2 rings (SSSR count). The molecule has 0 radical (unpaired) electrons. The van der Waals surface area contributed by atoms with E-state index in [9.17, 15) is 9.59 Å². The van der Waals surface area contributed by atoms with Crippen molar-refractivity contribution < 1.29 is 14.7 Å². The number of pyridine rings is 1. The minimum absolute atomic E-state index is 0.0286. The van der Waals surface area contributed by atoms with Gasteiger partial charge in [-0.05, 0) is 18.6 Å². The van der Waals surface area contributed by atoms with Crippen LogP contribution in [0.2, 0.25) is 0 Å². The van der Waals surface area contributed by atoms with Gasteiger partial charge in [-0.3, -0.25) is 9.59 Å². The van der Waals surface area contributed by atoms with Crippen LogP contribution in [0.3, 0.4) is 0 Å². The summed E-state index contributed by atoms with van der Waals surface area (Å²) >= 11 is 0. The average Bonchev–Trinajstić information content (AvgIpc) is 2.97. The van der Waals surface area contributed by atoms with E-state index in [-0.39, 0.29) is 12.3 Å². The molecular formula is C12H13N5O3. The molecule has 1 amide bonds. The fourth-order valence-electron chi connectivity index (χ4n) is 1.56. The summed E-state index contributed by atoms with van der Waals surface area (Å²) in [6.45, 7) is 0.312. The number of rotatable bonds is 6. The largest absolute Gasteiger partial charge is 0.481 e. The zero-order valence-corrected chi connectivity index (χ0v) is 10.6. The van der Waals surface area contributed by atoms with Crippen molar-refractivity contribution in [3.63, 3.8) is 0 Å². The predicted octanol–water partition coefficient (Wildman–Crippen LogP) is 0.257. The van der Waals surface area contributed by atoms with Gasteiger partial charge in [-0.1, -0.05) is 0 Å². The normalized spacial score (nSPS) is 10.2. The Morgan fingerprint density at radius 3 is 2.95 bits per heavy atom. The highest BCUT2D eigenvalue weighted by Gasteiger charge is 2.08. The van der Waals surface area contributed by atoms with Crippen LogP contribution in [0.1, 0.15) is 23.2 Å². The average molecular weight is 275 g/mol. The minimum Gasteiger partial charge on any atom is -0.481 e. The van der Waals surface area contributed by atoms with Crippen LogP contribution in [0, 0.1) is 0 Å². The number of aromatic nitrogens is 4. The van der Waals surface area contributed by atoms with Crippen LogP contribution in [0.4, 0.5) is 0 Å². The topological polar surface area (TPSA) is 110 Å². The molecule has 0 saturated heterocycles. The van der Waals surface area contributed by atoms with Crippen molar-refractivity contribution in [3.8, 4) is 5.82 Å². The van der Waals surface area contributed by atoms with Gasteiger partial charge in [0.15, 0.2) is 5.82 Å². The fraction of sp³-hybridized carbons (Fsp3) is 0.250. The van der Waals surface area contributed by atoms with Gasteiger partial charge < -0.3 is 10.4 Å². The van der Waals surface area contributed by atoms with E-state index in [0.29, 0.717) is 24.3 Å². The van der Waals surface area contributed by atoms with Crippen molar-refractivity contribution >= 4 is 11.9 Å². The lowest BCUT2D eigenvalue weighted by Gasteiger charge is -2.05. The Balaban J connectivity index is 1.96. The Kier molecular flexibility index (Phi) is 4.38. The molecule has 0 atom stereocenters. The predicted molar refractivity (Wildman–Crippen MR) is 68.4 cm³/mol. The first-order valence-corrected chi connectivity index (χ1v) is 5.98. The second-order valence-corrected chi connectivity index (χ2v) is 4.00. The third-order valence-electron chi connectivity index (χ3n) is 2.51. The summed E-state index contributed by atoms with van der Waals surface area (Å²) in [5, 5.41) is 15.1. The SMILES string of the molecule is O=C(O)CCCNC(=O)c1ccnc(-n2cncn2)c1. The van der Waals surface area contributed by atoms with E-state index >= 15 is 0 Å². The van der Waals surface area contributed by atoms with Gasteiger partial charge in [-0.25, -0.2) is 14.6 Å². The smallest absolute Gasteiger partial charge is 0.303 e. The van der Waals surface area contributed by atoms with Gasteiger partial charge >= 0.3 is 5.97 Å². The number of nitrogens with zero attached hydrogens (tertiary/aromatic N) is 4. The highest BCUT2D eigenvalue weighted by Crippen LogP contribution is 2.05. The molecule has 0 aromatic carbocycles. The lowest BCUT2D eigenvalue weighted by Crippen LogP contribution is -2.25. The van der Waals surface area contributed by atoms with E-state index in [1.165, 1.54) is 23.5 Å². The van der Waals surface area contributed by atoms with Crippen LogP contribution >= 0.6 is 0 Å². The first-order chi connectivity index (χ1) is 9.66. The van der Waals surface area contributed by atoms with Crippen LogP contribution < -0.4 is 5.32 Å². The maximum atomic E-state index is 11.9. The molecule has 0 aliphatic heterocycles. The maximum Gasteiger partial charge on any atom is 0.303 e. The standard InChI is InChI=1S/C12H13N5O3/c18-11(19)2-1-4-15-12(20)9-3-5-14-10(6-9)17-8-13-7-16-17/h3,5-8H,1-2,4H2,(H,15,20)(H,18,19). The van der Waals surface area contributed by atoms with Crippen molar-refractivity contribution in [2.45, 2.75) is 12.8 Å². The number of aliphatic carboxylic acids is 1. The summed E-state index contributed by atoms with van der Waals surface area (Å²) in [5.41, 5.74) is 0.431. The summed E-state index contributed by atoms with van der Waals surface area (Å²) in [7, 11) is 0. The van der Waals surface area contributed by atoms with Gasteiger partial charge in [0, 0.05) is 24.7 Å². The Hall–Kier alpha value is -2.77. The van der Waals surface area contributed by atoms with Gasteiger partial charge in [-0.15, -0.1) is 0 Å². The summed E-state index contributed by atoms with van der Waals surface area (Å²) in [4.78, 5) is 30.1. The van der Waals surface area contributed by atoms with Crippen molar-refractivity contribution in [2.24, 2.45) is 0 Å². The molecule has 20 heavy (non-hydrogen) atoms. The summed E-state index contributed by atoms with van der Waals surface area (Å²) in [6, 6.07) is 3.16. The van der Waals surface area contributed by atoms with Crippen molar-refractivity contribution in [3.05, 3.63) is 36.5 Å². The molecule has 0 fully saturated rings. The summed E-state index contributed by atoms with van der Waals surface area (Å²) in [5.74, 6) is -0.670. The molecule has 8 heteroatoms. The number of hydrogen-bond acceptors (Lipinski definition) is 5. The Morgan fingerprint density at radius 2 is 2.25 bits per heavy atom. The molecule has 2 aromatic heterocycles. The Morgan fingerprint density at radius 1 is 1.40 bits per heavy atom. The Bertz CT molecular complexity index is 597. The molecule has 0 aliphatic carbocycles. The molecule has 2 heterocycles. The summed E-state index contributed by atoms with van der Waals surface area (Å²) in [6.07, 6.45) is 4.78. The molecular weight excluding hydrogens is 262 g/mol. The van der Waals surface area contributed by atoms with Crippen molar-refractivity contribution in [1.82, 2.24) is 25.1 Å². The number of hydrogen-bond donors (Lipinski definition) is 2. The molecule has 104 valence electrons. The first kappa shape index (κ1) is 13.7. The number of amides is 1. The summed E-state index contributed by atoms with van der Waals surface area (Å²) < 4.78 is 1.45. The highest BCUT2D eigenvalue weighted by molar-refractivity contribution is 5.94. The highest BCUT2D eigenvalue weighted by atomic mass is 16.4. The third kappa shape index (κ3) is 3.61. The monoisotopic (exact) mass is 275 g/mol. The van der Waals surface area contributed by atoms with Crippen LogP contribution in [0.5, 0.6) is 0 Å². The lowest BCUT2D eigenvalue weighted by atomic mass is 10.2. The Labute approximate surface area is 114 Å². The van der Waals surface area contributed by atoms with E-state index in [2.05, 4.69) is 20.4 Å². The van der Waals surface area contributed by atoms with Gasteiger partial charge in [-0.2, -0.15) is 5.10 Å². The third-order valence-corrected chi connectivity index (χ3v) is 2.51. The number of nitrogens with one attached hydrogen (secondary N) is 1. The van der Waals surface area contributed by atoms with E-state index in [0.717, 1.165) is 0 Å². The molecule has 2 aromatic rings. The zero-order valence-electron chi connectivity index (χ0n) is 10.6. The van der Waals surface area contributed by atoms with Crippen molar-refractivity contribution in [2.75, 3.05) is 6.54 Å². The molecule has 0 aliphatic rings. The molecule has 2 N–H and O–H groups in total.